The maximum Gasteiger partial charge on any atom is 0.267 e. The van der Waals surface area contributed by atoms with Crippen LogP contribution in [-0.4, -0.2) is 62.7 Å². The van der Waals surface area contributed by atoms with E-state index in [0.29, 0.717) is 17.5 Å². The van der Waals surface area contributed by atoms with Crippen molar-refractivity contribution in [3.8, 4) is 5.75 Å². The third kappa shape index (κ3) is 5.40. The number of halogens is 1. The molecule has 10 heteroatoms. The molecule has 2 heterocycles. The van der Waals surface area contributed by atoms with Gasteiger partial charge in [-0.1, -0.05) is 12.1 Å². The lowest BCUT2D eigenvalue weighted by Gasteiger charge is -2.19. The number of hydrogen-bond donors (Lipinski definition) is 3. The van der Waals surface area contributed by atoms with Gasteiger partial charge in [-0.05, 0) is 42.7 Å². The zero-order valence-corrected chi connectivity index (χ0v) is 19.2. The Labute approximate surface area is 195 Å². The molecule has 0 aliphatic heterocycles. The van der Waals surface area contributed by atoms with E-state index in [-0.39, 0.29) is 36.9 Å². The highest BCUT2D eigenvalue weighted by molar-refractivity contribution is 6.01. The summed E-state index contributed by atoms with van der Waals surface area (Å²) in [6.45, 7) is 2.85. The van der Waals surface area contributed by atoms with Gasteiger partial charge in [-0.3, -0.25) is 19.4 Å². The van der Waals surface area contributed by atoms with Crippen molar-refractivity contribution < 1.29 is 24.2 Å². The van der Waals surface area contributed by atoms with E-state index >= 15 is 0 Å². The van der Waals surface area contributed by atoms with Crippen molar-refractivity contribution in [2.24, 2.45) is 0 Å². The quantitative estimate of drug-likeness (QED) is 0.457. The van der Waals surface area contributed by atoms with Gasteiger partial charge >= 0.3 is 0 Å². The van der Waals surface area contributed by atoms with Gasteiger partial charge in [0.1, 0.15) is 16.9 Å². The second-order valence-electron chi connectivity index (χ2n) is 8.19. The van der Waals surface area contributed by atoms with Crippen molar-refractivity contribution in [1.29, 1.82) is 0 Å². The number of aromatic nitrogens is 2. The predicted molar refractivity (Wildman–Crippen MR) is 124 cm³/mol. The Morgan fingerprint density at radius 3 is 2.53 bits per heavy atom. The topological polar surface area (TPSA) is 125 Å². The van der Waals surface area contributed by atoms with Crippen molar-refractivity contribution >= 4 is 22.8 Å². The lowest BCUT2D eigenvalue weighted by atomic mass is 10.1. The van der Waals surface area contributed by atoms with Crippen molar-refractivity contribution in [1.82, 2.24) is 19.8 Å². The van der Waals surface area contributed by atoms with Crippen LogP contribution >= 0.6 is 0 Å². The van der Waals surface area contributed by atoms with E-state index in [0.717, 1.165) is 5.56 Å². The highest BCUT2D eigenvalue weighted by atomic mass is 19.1. The molecule has 0 radical (unpaired) electrons. The van der Waals surface area contributed by atoms with Crippen molar-refractivity contribution in [2.45, 2.75) is 32.9 Å². The van der Waals surface area contributed by atoms with Gasteiger partial charge in [0.25, 0.3) is 11.5 Å². The van der Waals surface area contributed by atoms with E-state index in [1.807, 2.05) is 0 Å². The molecule has 0 spiro atoms. The molecule has 3 aromatic rings. The Morgan fingerprint density at radius 1 is 1.24 bits per heavy atom. The van der Waals surface area contributed by atoms with E-state index in [2.05, 4.69) is 10.3 Å². The second kappa shape index (κ2) is 10.4. The number of rotatable bonds is 8. The highest BCUT2D eigenvalue weighted by Gasteiger charge is 2.24. The zero-order chi connectivity index (χ0) is 25.0. The van der Waals surface area contributed by atoms with Crippen LogP contribution in [0.4, 0.5) is 4.39 Å². The Kier molecular flexibility index (Phi) is 7.62. The number of pyridine rings is 2. The fraction of sp³-hybridized carbons (Fsp3) is 0.333. The summed E-state index contributed by atoms with van der Waals surface area (Å²) < 4.78 is 14.5. The lowest BCUT2D eigenvalue weighted by molar-refractivity contribution is -0.127. The van der Waals surface area contributed by atoms with Gasteiger partial charge in [-0.15, -0.1) is 0 Å². The number of hydrogen-bond acceptors (Lipinski definition) is 6. The number of aliphatic hydroxyl groups excluding tert-OH is 1. The van der Waals surface area contributed by atoms with Gasteiger partial charge in [-0.2, -0.15) is 0 Å². The maximum atomic E-state index is 13.3. The Hall–Kier alpha value is -3.79. The molecule has 0 aliphatic carbocycles. The lowest BCUT2D eigenvalue weighted by Crippen LogP contribution is -2.40. The fourth-order valence-electron chi connectivity index (χ4n) is 3.46. The van der Waals surface area contributed by atoms with Crippen molar-refractivity contribution in [3.05, 3.63) is 69.4 Å². The van der Waals surface area contributed by atoms with Crippen LogP contribution in [0.2, 0.25) is 0 Å². The van der Waals surface area contributed by atoms with Gasteiger partial charge in [0.2, 0.25) is 5.91 Å². The number of carbonyl (C=O) groups is 2. The van der Waals surface area contributed by atoms with Crippen LogP contribution in [0.25, 0.3) is 11.0 Å². The van der Waals surface area contributed by atoms with E-state index in [1.165, 1.54) is 34.7 Å². The van der Waals surface area contributed by atoms with Crippen LogP contribution in [0.1, 0.15) is 35.3 Å². The minimum absolute atomic E-state index is 0.0507. The molecule has 1 atom stereocenters. The molecule has 0 saturated heterocycles. The minimum Gasteiger partial charge on any atom is -0.505 e. The van der Waals surface area contributed by atoms with Crippen LogP contribution in [0, 0.1) is 5.82 Å². The number of nitrogens with zero attached hydrogens (tertiary/aromatic N) is 3. The van der Waals surface area contributed by atoms with Gasteiger partial charge < -0.3 is 25.0 Å². The molecule has 0 bridgehead atoms. The van der Waals surface area contributed by atoms with Gasteiger partial charge in [0.15, 0.2) is 5.75 Å². The molecule has 0 aliphatic rings. The monoisotopic (exact) mass is 470 g/mol. The summed E-state index contributed by atoms with van der Waals surface area (Å²) in [5.74, 6) is -1.94. The zero-order valence-electron chi connectivity index (χ0n) is 19.2. The number of nitrogens with one attached hydrogen (secondary N) is 1. The van der Waals surface area contributed by atoms with E-state index < -0.39 is 28.8 Å². The molecule has 3 N–H and O–H groups in total. The van der Waals surface area contributed by atoms with E-state index in [9.17, 15) is 29.0 Å². The van der Waals surface area contributed by atoms with Gasteiger partial charge in [0.05, 0.1) is 12.1 Å². The molecular weight excluding hydrogens is 443 g/mol. The van der Waals surface area contributed by atoms with Crippen LogP contribution in [0.3, 0.4) is 0 Å². The number of aliphatic hydroxyl groups is 1. The fourth-order valence-corrected chi connectivity index (χ4v) is 3.46. The molecule has 34 heavy (non-hydrogen) atoms. The number of carbonyl (C=O) groups excluding carboxylic acids is 2. The number of amides is 2. The second-order valence-corrected chi connectivity index (χ2v) is 8.19. The summed E-state index contributed by atoms with van der Waals surface area (Å²) in [7, 11) is 1.59. The predicted octanol–water partition coefficient (Wildman–Crippen LogP) is 1.42. The average Bonchev–Trinajstić information content (AvgIpc) is 2.80. The number of benzene rings is 1. The first kappa shape index (κ1) is 24.8. The van der Waals surface area contributed by atoms with Crippen LogP contribution < -0.4 is 10.9 Å². The smallest absolute Gasteiger partial charge is 0.267 e. The van der Waals surface area contributed by atoms with Crippen molar-refractivity contribution in [2.75, 3.05) is 20.2 Å². The molecule has 180 valence electrons. The SMILES string of the molecule is CC(=O)N(C)CCn1c(=O)c(C(=O)N[C@H](C)CO)c(O)c2ncc(Cc3ccc(F)cc3)cc21. The maximum absolute atomic E-state index is 13.3. The van der Waals surface area contributed by atoms with Gasteiger partial charge in [-0.25, -0.2) is 4.39 Å². The number of likely N-dealkylation sites (N-methyl/N-ethyl adjacent to an activating group) is 1. The van der Waals surface area contributed by atoms with E-state index in [4.69, 9.17) is 0 Å². The Bertz CT molecular complexity index is 1270. The van der Waals surface area contributed by atoms with Gasteiger partial charge in [0, 0.05) is 39.3 Å². The number of aromatic hydroxyl groups is 1. The molecule has 0 saturated carbocycles. The summed E-state index contributed by atoms with van der Waals surface area (Å²) in [6.07, 6.45) is 1.92. The molecule has 0 fully saturated rings. The first-order valence-electron chi connectivity index (χ1n) is 10.7. The number of fused-ring (bicyclic) bond motifs is 1. The molecule has 1 aromatic carbocycles. The molecule has 2 amide bonds. The van der Waals surface area contributed by atoms with Crippen molar-refractivity contribution in [3.63, 3.8) is 0 Å². The minimum atomic E-state index is -0.836. The molecule has 9 nitrogen and oxygen atoms in total. The highest BCUT2D eigenvalue weighted by Crippen LogP contribution is 2.26. The third-order valence-corrected chi connectivity index (χ3v) is 5.53. The van der Waals surface area contributed by atoms with Crippen LogP contribution in [0.5, 0.6) is 5.75 Å². The standard InChI is InChI=1S/C24H27FN4O5/c1-14(13-30)27-23(33)20-22(32)21-19(29(24(20)34)9-8-28(3)15(2)31)11-17(12-26-21)10-16-4-6-18(25)7-5-16/h4-7,11-12,14,30,32H,8-10,13H2,1-3H3,(H,27,33)/t14-/m1/s1. The average molecular weight is 471 g/mol. The molecule has 2 aromatic heterocycles. The summed E-state index contributed by atoms with van der Waals surface area (Å²) in [5, 5.41) is 22.5. The molecule has 0 unspecified atom stereocenters. The Balaban J connectivity index is 2.13. The first-order chi connectivity index (χ1) is 16.1. The summed E-state index contributed by atoms with van der Waals surface area (Å²) in [6, 6.07) is 7.02. The summed E-state index contributed by atoms with van der Waals surface area (Å²) in [4.78, 5) is 43.4. The van der Waals surface area contributed by atoms with Crippen LogP contribution in [0.15, 0.2) is 41.3 Å². The largest absolute Gasteiger partial charge is 0.505 e. The Morgan fingerprint density at radius 2 is 1.91 bits per heavy atom. The summed E-state index contributed by atoms with van der Waals surface area (Å²) in [5.41, 5.74) is 0.645. The third-order valence-electron chi connectivity index (χ3n) is 5.53. The van der Waals surface area contributed by atoms with E-state index in [1.54, 1.807) is 32.2 Å². The molecular formula is C24H27FN4O5. The first-order valence-corrected chi connectivity index (χ1v) is 10.7. The molecule has 3 rings (SSSR count). The normalized spacial score (nSPS) is 11.9. The van der Waals surface area contributed by atoms with Crippen LogP contribution in [-0.2, 0) is 17.8 Å². The summed E-state index contributed by atoms with van der Waals surface area (Å²) >= 11 is 0.